The number of alkyl carbamates (subject to hydrolysis) is 1. The summed E-state index contributed by atoms with van der Waals surface area (Å²) in [5, 5.41) is 2.44. The number of rotatable bonds is 5. The minimum atomic E-state index is -0.772. The Balaban J connectivity index is 2.35. The molecule has 0 saturated carbocycles. The van der Waals surface area contributed by atoms with Crippen molar-refractivity contribution in [2.45, 2.75) is 39.3 Å². The maximum atomic E-state index is 11.8. The third-order valence-corrected chi connectivity index (χ3v) is 3.12. The fourth-order valence-electron chi connectivity index (χ4n) is 1.56. The number of amides is 1. The first-order chi connectivity index (χ1) is 10.7. The van der Waals surface area contributed by atoms with Crippen LogP contribution in [0, 0.1) is 0 Å². The first-order valence-corrected chi connectivity index (χ1v) is 8.05. The van der Waals surface area contributed by atoms with Gasteiger partial charge in [-0.25, -0.2) is 9.59 Å². The lowest BCUT2D eigenvalue weighted by Gasteiger charge is -2.21. The van der Waals surface area contributed by atoms with E-state index in [2.05, 4.69) is 21.2 Å². The Labute approximate surface area is 145 Å². The Morgan fingerprint density at radius 3 is 2.43 bits per heavy atom. The summed E-state index contributed by atoms with van der Waals surface area (Å²) >= 11 is 3.36. The zero-order valence-corrected chi connectivity index (χ0v) is 15.3. The second-order valence-electron chi connectivity index (χ2n) is 5.95. The zero-order chi connectivity index (χ0) is 17.5. The van der Waals surface area contributed by atoms with Gasteiger partial charge in [0.25, 0.3) is 0 Å². The van der Waals surface area contributed by atoms with Gasteiger partial charge in [-0.2, -0.15) is 0 Å². The summed E-state index contributed by atoms with van der Waals surface area (Å²) in [5.74, 6) is -0.517. The molecule has 0 bridgehead atoms. The largest absolute Gasteiger partial charge is 0.460 e. The molecule has 0 radical (unpaired) electrons. The predicted octanol–water partition coefficient (Wildman–Crippen LogP) is 3.92. The van der Waals surface area contributed by atoms with E-state index in [-0.39, 0.29) is 6.61 Å². The average molecular weight is 384 g/mol. The Bertz CT molecular complexity index is 561. The number of nitrogens with one attached hydrogen (secondary N) is 1. The maximum Gasteiger partial charge on any atom is 0.408 e. The van der Waals surface area contributed by atoms with Crippen molar-refractivity contribution in [1.29, 1.82) is 0 Å². The van der Waals surface area contributed by atoms with Crippen molar-refractivity contribution in [3.63, 3.8) is 0 Å². The summed E-state index contributed by atoms with van der Waals surface area (Å²) in [6.07, 6.45) is 2.94. The van der Waals surface area contributed by atoms with Gasteiger partial charge < -0.3 is 14.8 Å². The third kappa shape index (κ3) is 8.40. The lowest BCUT2D eigenvalue weighted by molar-refractivity contribution is -0.144. The van der Waals surface area contributed by atoms with E-state index in [0.29, 0.717) is 0 Å². The summed E-state index contributed by atoms with van der Waals surface area (Å²) in [5.41, 5.74) is 0.394. The number of ether oxygens (including phenoxy) is 2. The van der Waals surface area contributed by atoms with E-state index < -0.39 is 23.7 Å². The van der Waals surface area contributed by atoms with Gasteiger partial charge in [-0.1, -0.05) is 34.1 Å². The van der Waals surface area contributed by atoms with Crippen molar-refractivity contribution < 1.29 is 19.1 Å². The molecule has 0 aliphatic carbocycles. The van der Waals surface area contributed by atoms with Crippen LogP contribution in [0.15, 0.2) is 34.8 Å². The molecule has 1 amide bonds. The molecule has 1 rings (SSSR count). The van der Waals surface area contributed by atoms with E-state index in [9.17, 15) is 9.59 Å². The number of carbonyl (C=O) groups is 2. The molecule has 0 fully saturated rings. The van der Waals surface area contributed by atoms with E-state index in [4.69, 9.17) is 9.47 Å². The van der Waals surface area contributed by atoms with E-state index >= 15 is 0 Å². The maximum absolute atomic E-state index is 11.8. The molecule has 1 N–H and O–H groups in total. The van der Waals surface area contributed by atoms with Crippen LogP contribution in [-0.4, -0.2) is 30.3 Å². The summed E-state index contributed by atoms with van der Waals surface area (Å²) < 4.78 is 11.2. The van der Waals surface area contributed by atoms with Crippen molar-refractivity contribution in [2.75, 3.05) is 6.61 Å². The second-order valence-corrected chi connectivity index (χ2v) is 6.87. The monoisotopic (exact) mass is 383 g/mol. The van der Waals surface area contributed by atoms with Gasteiger partial charge in [0.15, 0.2) is 0 Å². The number of halogens is 1. The van der Waals surface area contributed by atoms with Gasteiger partial charge in [0.2, 0.25) is 0 Å². The molecule has 23 heavy (non-hydrogen) atoms. The van der Waals surface area contributed by atoms with Crippen molar-refractivity contribution in [1.82, 2.24) is 5.32 Å². The van der Waals surface area contributed by atoms with Crippen molar-refractivity contribution in [2.24, 2.45) is 0 Å². The highest BCUT2D eigenvalue weighted by Crippen LogP contribution is 2.11. The highest BCUT2D eigenvalue weighted by molar-refractivity contribution is 9.10. The van der Waals surface area contributed by atoms with Crippen molar-refractivity contribution >= 4 is 34.1 Å². The van der Waals surface area contributed by atoms with Crippen LogP contribution in [0.2, 0.25) is 0 Å². The molecule has 0 spiro atoms. The van der Waals surface area contributed by atoms with Crippen LogP contribution >= 0.6 is 15.9 Å². The molecule has 0 saturated heterocycles. The van der Waals surface area contributed by atoms with Gasteiger partial charge >= 0.3 is 12.1 Å². The standard InChI is InChI=1S/C17H22BrNO4/c1-12(19-16(21)23-17(2,3)4)15(20)22-11-5-6-13-7-9-14(18)10-8-13/h5-10,12H,11H2,1-4H3,(H,19,21)/b6-5+. The van der Waals surface area contributed by atoms with Crippen LogP contribution < -0.4 is 5.32 Å². The van der Waals surface area contributed by atoms with Gasteiger partial charge in [-0.15, -0.1) is 0 Å². The molecular formula is C17H22BrNO4. The highest BCUT2D eigenvalue weighted by atomic mass is 79.9. The molecule has 5 nitrogen and oxygen atoms in total. The third-order valence-electron chi connectivity index (χ3n) is 2.59. The Hall–Kier alpha value is -1.82. The smallest absolute Gasteiger partial charge is 0.408 e. The predicted molar refractivity (Wildman–Crippen MR) is 93.0 cm³/mol. The number of esters is 1. The van der Waals surface area contributed by atoms with E-state index in [1.807, 2.05) is 30.3 Å². The molecule has 1 aromatic carbocycles. The highest BCUT2D eigenvalue weighted by Gasteiger charge is 2.21. The fraction of sp³-hybridized carbons (Fsp3) is 0.412. The van der Waals surface area contributed by atoms with Crippen molar-refractivity contribution in [3.05, 3.63) is 40.4 Å². The summed E-state index contributed by atoms with van der Waals surface area (Å²) in [7, 11) is 0. The number of hydrogen-bond acceptors (Lipinski definition) is 4. The van der Waals surface area contributed by atoms with Gasteiger partial charge in [0, 0.05) is 4.47 Å². The number of carbonyl (C=O) groups excluding carboxylic acids is 2. The summed E-state index contributed by atoms with van der Waals surface area (Å²) in [6, 6.07) is 6.97. The molecule has 0 heterocycles. The average Bonchev–Trinajstić information content (AvgIpc) is 2.43. The fourth-order valence-corrected chi connectivity index (χ4v) is 1.82. The molecule has 1 aromatic rings. The molecule has 0 aliphatic rings. The van der Waals surface area contributed by atoms with E-state index in [1.54, 1.807) is 33.8 Å². The van der Waals surface area contributed by atoms with Crippen LogP contribution in [0.3, 0.4) is 0 Å². The van der Waals surface area contributed by atoms with Gasteiger partial charge in [-0.3, -0.25) is 0 Å². The molecule has 0 aliphatic heterocycles. The summed E-state index contributed by atoms with van der Waals surface area (Å²) in [6.45, 7) is 6.94. The topological polar surface area (TPSA) is 64.6 Å². The lowest BCUT2D eigenvalue weighted by atomic mass is 10.2. The van der Waals surface area contributed by atoms with Gasteiger partial charge in [-0.05, 0) is 51.5 Å². The minimum Gasteiger partial charge on any atom is -0.460 e. The molecule has 0 aromatic heterocycles. The second kappa shape index (κ2) is 8.72. The Kier molecular flexibility index (Phi) is 7.29. The number of benzene rings is 1. The number of hydrogen-bond donors (Lipinski definition) is 1. The minimum absolute atomic E-state index is 0.134. The molecule has 126 valence electrons. The van der Waals surface area contributed by atoms with Crippen LogP contribution in [0.4, 0.5) is 4.79 Å². The SMILES string of the molecule is CC(NC(=O)OC(C)(C)C)C(=O)OC/C=C/c1ccc(Br)cc1. The molecule has 1 atom stereocenters. The first-order valence-electron chi connectivity index (χ1n) is 7.25. The first kappa shape index (κ1) is 19.2. The normalized spacial score (nSPS) is 12.7. The Morgan fingerprint density at radius 1 is 1.26 bits per heavy atom. The zero-order valence-electron chi connectivity index (χ0n) is 13.8. The van der Waals surface area contributed by atoms with Crippen LogP contribution in [-0.2, 0) is 14.3 Å². The van der Waals surface area contributed by atoms with E-state index in [0.717, 1.165) is 10.0 Å². The van der Waals surface area contributed by atoms with E-state index in [1.165, 1.54) is 0 Å². The quantitative estimate of drug-likeness (QED) is 0.782. The molecule has 6 heteroatoms. The summed E-state index contributed by atoms with van der Waals surface area (Å²) in [4.78, 5) is 23.3. The van der Waals surface area contributed by atoms with Gasteiger partial charge in [0.05, 0.1) is 0 Å². The molecular weight excluding hydrogens is 362 g/mol. The van der Waals surface area contributed by atoms with Crippen LogP contribution in [0.25, 0.3) is 6.08 Å². The van der Waals surface area contributed by atoms with Crippen LogP contribution in [0.5, 0.6) is 0 Å². The molecule has 1 unspecified atom stereocenters. The Morgan fingerprint density at radius 2 is 1.87 bits per heavy atom. The van der Waals surface area contributed by atoms with Crippen molar-refractivity contribution in [3.8, 4) is 0 Å². The van der Waals surface area contributed by atoms with Gasteiger partial charge in [0.1, 0.15) is 18.2 Å². The lowest BCUT2D eigenvalue weighted by Crippen LogP contribution is -2.42. The van der Waals surface area contributed by atoms with Crippen LogP contribution in [0.1, 0.15) is 33.3 Å².